The molecule has 0 unspecified atom stereocenters. The van der Waals surface area contributed by atoms with Crippen LogP contribution in [0.1, 0.15) is 5.69 Å². The van der Waals surface area contributed by atoms with Gasteiger partial charge < -0.3 is 9.72 Å². The van der Waals surface area contributed by atoms with E-state index in [-0.39, 0.29) is 5.43 Å². The van der Waals surface area contributed by atoms with E-state index in [2.05, 4.69) is 9.97 Å². The number of benzene rings is 2. The minimum absolute atomic E-state index is 0.0215. The van der Waals surface area contributed by atoms with Gasteiger partial charge in [0.25, 0.3) is 0 Å². The standard InChI is InChI=1S/C20H16N2O2/c1-12-10-18(24-2)15-9-8-14-17(23)11-16(13-6-4-3-5-7-13)22-19(14)20(15)21-12/h3-11H,1-2H3,(H,22,23). The predicted molar refractivity (Wildman–Crippen MR) is 96.6 cm³/mol. The molecular weight excluding hydrogens is 300 g/mol. The number of fused-ring (bicyclic) bond motifs is 3. The summed E-state index contributed by atoms with van der Waals surface area (Å²) in [5.74, 6) is 0.755. The highest BCUT2D eigenvalue weighted by molar-refractivity contribution is 6.05. The molecule has 0 radical (unpaired) electrons. The Morgan fingerprint density at radius 1 is 1.00 bits per heavy atom. The average Bonchev–Trinajstić information content (AvgIpc) is 2.61. The van der Waals surface area contributed by atoms with Crippen LogP contribution in [-0.2, 0) is 0 Å². The van der Waals surface area contributed by atoms with Gasteiger partial charge in [0.05, 0.1) is 18.1 Å². The number of methoxy groups -OCH3 is 1. The van der Waals surface area contributed by atoms with E-state index in [1.54, 1.807) is 13.2 Å². The van der Waals surface area contributed by atoms with Crippen LogP contribution in [0.4, 0.5) is 0 Å². The smallest absolute Gasteiger partial charge is 0.190 e. The Balaban J connectivity index is 2.13. The van der Waals surface area contributed by atoms with Crippen molar-refractivity contribution >= 4 is 21.8 Å². The quantitative estimate of drug-likeness (QED) is 0.567. The summed E-state index contributed by atoms with van der Waals surface area (Å²) in [7, 11) is 1.64. The van der Waals surface area contributed by atoms with Crippen molar-refractivity contribution in [1.82, 2.24) is 9.97 Å². The zero-order valence-electron chi connectivity index (χ0n) is 13.5. The van der Waals surface area contributed by atoms with Crippen LogP contribution in [0, 0.1) is 6.92 Å². The lowest BCUT2D eigenvalue weighted by atomic mass is 10.1. The number of pyridine rings is 2. The molecule has 2 aromatic heterocycles. The highest BCUT2D eigenvalue weighted by atomic mass is 16.5. The summed E-state index contributed by atoms with van der Waals surface area (Å²) in [4.78, 5) is 20.6. The highest BCUT2D eigenvalue weighted by Crippen LogP contribution is 2.30. The predicted octanol–water partition coefficient (Wildman–Crippen LogP) is 4.06. The minimum Gasteiger partial charge on any atom is -0.496 e. The number of aromatic amines is 1. The summed E-state index contributed by atoms with van der Waals surface area (Å²) >= 11 is 0. The highest BCUT2D eigenvalue weighted by Gasteiger charge is 2.12. The Morgan fingerprint density at radius 2 is 1.75 bits per heavy atom. The fourth-order valence-corrected chi connectivity index (χ4v) is 3.04. The van der Waals surface area contributed by atoms with Crippen LogP contribution in [-0.4, -0.2) is 17.1 Å². The molecule has 0 saturated heterocycles. The lowest BCUT2D eigenvalue weighted by molar-refractivity contribution is 0.419. The topological polar surface area (TPSA) is 55.0 Å². The molecule has 118 valence electrons. The Morgan fingerprint density at radius 3 is 2.50 bits per heavy atom. The van der Waals surface area contributed by atoms with Crippen molar-refractivity contribution in [2.75, 3.05) is 7.11 Å². The molecule has 24 heavy (non-hydrogen) atoms. The van der Waals surface area contributed by atoms with Gasteiger partial charge in [-0.05, 0) is 24.6 Å². The molecule has 0 saturated carbocycles. The Hall–Kier alpha value is -3.14. The van der Waals surface area contributed by atoms with Crippen LogP contribution in [0.5, 0.6) is 5.75 Å². The van der Waals surface area contributed by atoms with Gasteiger partial charge in [-0.1, -0.05) is 30.3 Å². The van der Waals surface area contributed by atoms with Gasteiger partial charge in [-0.25, -0.2) is 0 Å². The molecular formula is C20H16N2O2. The normalized spacial score (nSPS) is 11.1. The van der Waals surface area contributed by atoms with E-state index >= 15 is 0 Å². The maximum Gasteiger partial charge on any atom is 0.190 e. The summed E-state index contributed by atoms with van der Waals surface area (Å²) in [6, 6.07) is 17.0. The number of aryl methyl sites for hydroxylation is 1. The van der Waals surface area contributed by atoms with Gasteiger partial charge in [-0.3, -0.25) is 9.78 Å². The molecule has 0 spiro atoms. The molecule has 4 heteroatoms. The first-order valence-electron chi connectivity index (χ1n) is 7.74. The molecule has 4 aromatic rings. The van der Waals surface area contributed by atoms with E-state index < -0.39 is 0 Å². The lowest BCUT2D eigenvalue weighted by Gasteiger charge is -2.10. The fraction of sp³-hybridized carbons (Fsp3) is 0.100. The molecule has 0 aliphatic heterocycles. The van der Waals surface area contributed by atoms with Crippen molar-refractivity contribution in [1.29, 1.82) is 0 Å². The lowest BCUT2D eigenvalue weighted by Crippen LogP contribution is -2.04. The molecule has 1 N–H and O–H groups in total. The second-order valence-electron chi connectivity index (χ2n) is 5.76. The molecule has 0 amide bonds. The first-order chi connectivity index (χ1) is 11.7. The number of ether oxygens (including phenoxy) is 1. The fourth-order valence-electron chi connectivity index (χ4n) is 3.04. The van der Waals surface area contributed by atoms with E-state index in [1.165, 1.54) is 0 Å². The number of rotatable bonds is 2. The van der Waals surface area contributed by atoms with Gasteiger partial charge in [-0.2, -0.15) is 0 Å². The molecule has 0 fully saturated rings. The second kappa shape index (κ2) is 5.49. The van der Waals surface area contributed by atoms with Crippen molar-refractivity contribution in [3.63, 3.8) is 0 Å². The summed E-state index contributed by atoms with van der Waals surface area (Å²) in [5.41, 5.74) is 4.06. The third-order valence-corrected chi connectivity index (χ3v) is 4.18. The van der Waals surface area contributed by atoms with Gasteiger partial charge >= 0.3 is 0 Å². The zero-order valence-corrected chi connectivity index (χ0v) is 13.5. The van der Waals surface area contributed by atoms with Crippen molar-refractivity contribution in [2.24, 2.45) is 0 Å². The van der Waals surface area contributed by atoms with E-state index in [9.17, 15) is 4.79 Å². The SMILES string of the molecule is COc1cc(C)nc2c1ccc1c(=O)cc(-c3ccccc3)[nH]c12. The molecule has 0 atom stereocenters. The van der Waals surface area contributed by atoms with Crippen LogP contribution >= 0.6 is 0 Å². The number of nitrogens with one attached hydrogen (secondary N) is 1. The number of hydrogen-bond acceptors (Lipinski definition) is 3. The molecule has 0 bridgehead atoms. The monoisotopic (exact) mass is 316 g/mol. The van der Waals surface area contributed by atoms with Crippen LogP contribution in [0.15, 0.2) is 59.4 Å². The van der Waals surface area contributed by atoms with Crippen LogP contribution in [0.3, 0.4) is 0 Å². The van der Waals surface area contributed by atoms with Gasteiger partial charge in [0.15, 0.2) is 5.43 Å². The zero-order chi connectivity index (χ0) is 16.7. The van der Waals surface area contributed by atoms with E-state index in [1.807, 2.05) is 55.5 Å². The number of H-pyrrole nitrogens is 1. The summed E-state index contributed by atoms with van der Waals surface area (Å²) in [6.07, 6.45) is 0. The Kier molecular flexibility index (Phi) is 3.31. The van der Waals surface area contributed by atoms with Gasteiger partial charge in [0, 0.05) is 34.3 Å². The van der Waals surface area contributed by atoms with Crippen LogP contribution in [0.25, 0.3) is 33.1 Å². The first kappa shape index (κ1) is 14.5. The average molecular weight is 316 g/mol. The third kappa shape index (κ3) is 2.24. The number of nitrogens with zero attached hydrogens (tertiary/aromatic N) is 1. The van der Waals surface area contributed by atoms with Crippen molar-refractivity contribution in [3.05, 3.63) is 70.5 Å². The van der Waals surface area contributed by atoms with E-state index in [0.29, 0.717) is 5.39 Å². The molecule has 2 heterocycles. The van der Waals surface area contributed by atoms with Crippen LogP contribution in [0.2, 0.25) is 0 Å². The van der Waals surface area contributed by atoms with Gasteiger partial charge in [0.1, 0.15) is 5.75 Å². The number of hydrogen-bond donors (Lipinski definition) is 1. The number of aromatic nitrogens is 2. The first-order valence-corrected chi connectivity index (χ1v) is 7.74. The Labute approximate surface area is 138 Å². The molecule has 4 nitrogen and oxygen atoms in total. The van der Waals surface area contributed by atoms with E-state index in [4.69, 9.17) is 4.74 Å². The second-order valence-corrected chi connectivity index (χ2v) is 5.76. The Bertz CT molecular complexity index is 1120. The molecule has 0 aliphatic carbocycles. The van der Waals surface area contributed by atoms with Gasteiger partial charge in [0.2, 0.25) is 0 Å². The van der Waals surface area contributed by atoms with E-state index in [0.717, 1.165) is 39.1 Å². The molecule has 0 aliphatic rings. The summed E-state index contributed by atoms with van der Waals surface area (Å²) < 4.78 is 5.47. The summed E-state index contributed by atoms with van der Waals surface area (Å²) in [6.45, 7) is 1.92. The van der Waals surface area contributed by atoms with Crippen molar-refractivity contribution < 1.29 is 4.74 Å². The molecule has 4 rings (SSSR count). The maximum absolute atomic E-state index is 12.6. The van der Waals surface area contributed by atoms with Crippen molar-refractivity contribution in [2.45, 2.75) is 6.92 Å². The van der Waals surface area contributed by atoms with Crippen molar-refractivity contribution in [3.8, 4) is 17.0 Å². The third-order valence-electron chi connectivity index (χ3n) is 4.18. The largest absolute Gasteiger partial charge is 0.496 e. The van der Waals surface area contributed by atoms with Gasteiger partial charge in [-0.15, -0.1) is 0 Å². The summed E-state index contributed by atoms with van der Waals surface area (Å²) in [5, 5.41) is 1.51. The minimum atomic E-state index is -0.0215. The van der Waals surface area contributed by atoms with Crippen LogP contribution < -0.4 is 10.2 Å². The maximum atomic E-state index is 12.6. The molecule has 2 aromatic carbocycles.